The lowest BCUT2D eigenvalue weighted by atomic mass is 10.0. The number of benzene rings is 1. The maximum Gasteiger partial charge on any atom is 0.261 e. The zero-order valence-electron chi connectivity index (χ0n) is 14.8. The Balaban J connectivity index is 1.32. The average Bonchev–Trinajstić information content (AvgIpc) is 3.20. The molecular formula is C19H24N4O2. The summed E-state index contributed by atoms with van der Waals surface area (Å²) in [5.74, 6) is 2.84. The van der Waals surface area contributed by atoms with Crippen molar-refractivity contribution in [2.24, 2.45) is 0 Å². The van der Waals surface area contributed by atoms with Gasteiger partial charge in [0.25, 0.3) is 5.91 Å². The number of amides is 1. The van der Waals surface area contributed by atoms with Gasteiger partial charge in [0.05, 0.1) is 0 Å². The number of nitrogens with zero attached hydrogens (tertiary/aromatic N) is 3. The van der Waals surface area contributed by atoms with Crippen molar-refractivity contribution in [1.29, 1.82) is 0 Å². The third-order valence-electron chi connectivity index (χ3n) is 5.23. The highest BCUT2D eigenvalue weighted by molar-refractivity contribution is 5.82. The molecule has 2 aromatic rings. The molecule has 1 aromatic carbocycles. The van der Waals surface area contributed by atoms with E-state index in [0.717, 1.165) is 35.9 Å². The molecule has 0 fully saturated rings. The molecule has 0 saturated carbocycles. The smallest absolute Gasteiger partial charge is 0.261 e. The molecule has 132 valence electrons. The van der Waals surface area contributed by atoms with E-state index in [1.165, 1.54) is 24.0 Å². The van der Waals surface area contributed by atoms with Crippen molar-refractivity contribution in [3.63, 3.8) is 0 Å². The van der Waals surface area contributed by atoms with E-state index in [9.17, 15) is 4.79 Å². The highest BCUT2D eigenvalue weighted by Gasteiger charge is 2.29. The van der Waals surface area contributed by atoms with Crippen LogP contribution in [0.5, 0.6) is 5.75 Å². The molecule has 1 amide bonds. The Labute approximate surface area is 147 Å². The minimum absolute atomic E-state index is 0.0510. The van der Waals surface area contributed by atoms with Gasteiger partial charge in [-0.3, -0.25) is 4.79 Å². The molecule has 6 nitrogen and oxygen atoms in total. The number of aromatic nitrogens is 3. The molecule has 0 bridgehead atoms. The van der Waals surface area contributed by atoms with Crippen LogP contribution >= 0.6 is 0 Å². The van der Waals surface area contributed by atoms with Gasteiger partial charge < -0.3 is 14.6 Å². The van der Waals surface area contributed by atoms with Crippen LogP contribution in [0.15, 0.2) is 12.1 Å². The normalized spacial score (nSPS) is 18.4. The minimum atomic E-state index is -0.427. The second kappa shape index (κ2) is 6.50. The largest absolute Gasteiger partial charge is 0.480 e. The van der Waals surface area contributed by atoms with E-state index in [-0.39, 0.29) is 5.91 Å². The van der Waals surface area contributed by atoms with Crippen molar-refractivity contribution >= 4 is 5.91 Å². The summed E-state index contributed by atoms with van der Waals surface area (Å²) in [5.41, 5.74) is 3.55. The predicted octanol–water partition coefficient (Wildman–Crippen LogP) is 1.89. The first-order chi connectivity index (χ1) is 12.1. The highest BCUT2D eigenvalue weighted by Crippen LogP contribution is 2.31. The summed E-state index contributed by atoms with van der Waals surface area (Å²) in [4.78, 5) is 12.4. The summed E-state index contributed by atoms with van der Waals surface area (Å²) < 4.78 is 8.04. The topological polar surface area (TPSA) is 69.0 Å². The van der Waals surface area contributed by atoms with Crippen LogP contribution in [-0.2, 0) is 30.6 Å². The number of aryl methyl sites for hydroxylation is 3. The molecule has 1 atom stereocenters. The number of carbonyl (C=O) groups is 1. The number of hydrogen-bond acceptors (Lipinski definition) is 4. The van der Waals surface area contributed by atoms with Crippen LogP contribution in [0.4, 0.5) is 0 Å². The second-order valence-corrected chi connectivity index (χ2v) is 7.04. The van der Waals surface area contributed by atoms with Gasteiger partial charge in [0.1, 0.15) is 17.4 Å². The Morgan fingerprint density at radius 2 is 2.12 bits per heavy atom. The number of hydrogen-bond donors (Lipinski definition) is 1. The molecule has 1 aromatic heterocycles. The number of rotatable bonds is 4. The van der Waals surface area contributed by atoms with Crippen molar-refractivity contribution in [3.05, 3.63) is 40.5 Å². The first-order valence-electron chi connectivity index (χ1n) is 9.07. The third kappa shape index (κ3) is 3.13. The van der Waals surface area contributed by atoms with Gasteiger partial charge in [-0.05, 0) is 49.4 Å². The number of fused-ring (bicyclic) bond motifs is 2. The number of ether oxygens (including phenoxy) is 1. The average molecular weight is 340 g/mol. The zero-order chi connectivity index (χ0) is 17.4. The molecule has 1 N–H and O–H groups in total. The quantitative estimate of drug-likeness (QED) is 0.923. The highest BCUT2D eigenvalue weighted by atomic mass is 16.5. The van der Waals surface area contributed by atoms with Crippen LogP contribution in [0.2, 0.25) is 0 Å². The Kier molecular flexibility index (Phi) is 4.19. The van der Waals surface area contributed by atoms with Crippen molar-refractivity contribution in [2.45, 2.75) is 58.6 Å². The second-order valence-electron chi connectivity index (χ2n) is 7.04. The fourth-order valence-corrected chi connectivity index (χ4v) is 3.62. The molecule has 6 heteroatoms. The summed E-state index contributed by atoms with van der Waals surface area (Å²) in [6.07, 6.45) is 4.29. The predicted molar refractivity (Wildman–Crippen MR) is 93.7 cm³/mol. The summed E-state index contributed by atoms with van der Waals surface area (Å²) in [6, 6.07) is 4.15. The van der Waals surface area contributed by atoms with Crippen LogP contribution < -0.4 is 10.1 Å². The fraction of sp³-hybridized carbons (Fsp3) is 0.526. The zero-order valence-corrected chi connectivity index (χ0v) is 14.8. The van der Waals surface area contributed by atoms with Gasteiger partial charge >= 0.3 is 0 Å². The lowest BCUT2D eigenvalue weighted by Gasteiger charge is -2.15. The molecule has 0 radical (unpaired) electrons. The van der Waals surface area contributed by atoms with E-state index < -0.39 is 6.10 Å². The van der Waals surface area contributed by atoms with E-state index in [1.807, 2.05) is 6.07 Å². The van der Waals surface area contributed by atoms with Gasteiger partial charge in [0.15, 0.2) is 6.10 Å². The maximum absolute atomic E-state index is 12.4. The Morgan fingerprint density at radius 1 is 1.28 bits per heavy atom. The summed E-state index contributed by atoms with van der Waals surface area (Å²) in [7, 11) is 0. The lowest BCUT2D eigenvalue weighted by Crippen LogP contribution is -2.38. The number of nitrogens with one attached hydrogen (secondary N) is 1. The molecule has 3 heterocycles. The minimum Gasteiger partial charge on any atom is -0.480 e. The molecule has 2 aliphatic heterocycles. The van der Waals surface area contributed by atoms with Crippen LogP contribution in [0.1, 0.15) is 41.2 Å². The van der Waals surface area contributed by atoms with Crippen molar-refractivity contribution in [3.8, 4) is 5.75 Å². The monoisotopic (exact) mass is 340 g/mol. The van der Waals surface area contributed by atoms with Crippen LogP contribution in [-0.4, -0.2) is 33.3 Å². The summed E-state index contributed by atoms with van der Waals surface area (Å²) in [6.45, 7) is 5.70. The maximum atomic E-state index is 12.4. The Morgan fingerprint density at radius 3 is 3.00 bits per heavy atom. The first kappa shape index (κ1) is 16.1. The molecule has 2 aliphatic rings. The molecule has 0 spiro atoms. The van der Waals surface area contributed by atoms with Gasteiger partial charge in [0.2, 0.25) is 0 Å². The Hall–Kier alpha value is -2.37. The third-order valence-corrected chi connectivity index (χ3v) is 5.23. The molecule has 0 saturated heterocycles. The van der Waals surface area contributed by atoms with Gasteiger partial charge in [-0.15, -0.1) is 10.2 Å². The van der Waals surface area contributed by atoms with Gasteiger partial charge in [-0.2, -0.15) is 0 Å². The van der Waals surface area contributed by atoms with Crippen molar-refractivity contribution in [1.82, 2.24) is 20.1 Å². The van der Waals surface area contributed by atoms with Crippen LogP contribution in [0, 0.1) is 13.8 Å². The van der Waals surface area contributed by atoms with Gasteiger partial charge in [-0.25, -0.2) is 0 Å². The fourth-order valence-electron chi connectivity index (χ4n) is 3.62. The van der Waals surface area contributed by atoms with Crippen LogP contribution in [0.25, 0.3) is 0 Å². The summed E-state index contributed by atoms with van der Waals surface area (Å²) in [5, 5.41) is 11.5. The standard InChI is InChI=1S/C19H24N4O2/c1-12-9-14-11-16(25-15(14)10-13(12)2)19(24)20-7-6-18-22-21-17-5-3-4-8-23(17)18/h9-10,16H,3-8,11H2,1-2H3,(H,20,24)/t16-/m0/s1. The number of carbonyl (C=O) groups excluding carboxylic acids is 1. The van der Waals surface area contributed by atoms with E-state index in [1.54, 1.807) is 0 Å². The summed E-state index contributed by atoms with van der Waals surface area (Å²) >= 11 is 0. The lowest BCUT2D eigenvalue weighted by molar-refractivity contribution is -0.127. The van der Waals surface area contributed by atoms with Gasteiger partial charge in [-0.1, -0.05) is 6.07 Å². The van der Waals surface area contributed by atoms with E-state index in [2.05, 4.69) is 40.0 Å². The van der Waals surface area contributed by atoms with E-state index >= 15 is 0 Å². The molecule has 0 aliphatic carbocycles. The SMILES string of the molecule is Cc1cc2c(cc1C)O[C@H](C(=O)NCCc1nnc3n1CCCC3)C2. The van der Waals surface area contributed by atoms with Crippen molar-refractivity contribution in [2.75, 3.05) is 6.54 Å². The molecule has 4 rings (SSSR count). The Bertz CT molecular complexity index is 781. The molecular weight excluding hydrogens is 316 g/mol. The van der Waals surface area contributed by atoms with Crippen molar-refractivity contribution < 1.29 is 9.53 Å². The van der Waals surface area contributed by atoms with Gasteiger partial charge in [0, 0.05) is 32.4 Å². The van der Waals surface area contributed by atoms with E-state index in [4.69, 9.17) is 4.74 Å². The first-order valence-corrected chi connectivity index (χ1v) is 9.07. The molecule has 25 heavy (non-hydrogen) atoms. The van der Waals surface area contributed by atoms with Crippen LogP contribution in [0.3, 0.4) is 0 Å². The van der Waals surface area contributed by atoms with E-state index in [0.29, 0.717) is 19.4 Å². The molecule has 0 unspecified atom stereocenters.